The first-order valence-corrected chi connectivity index (χ1v) is 6.83. The largest absolute Gasteiger partial charge is 0.321 e. The van der Waals surface area contributed by atoms with Crippen molar-refractivity contribution in [2.24, 2.45) is 11.7 Å². The van der Waals surface area contributed by atoms with Crippen LogP contribution in [-0.4, -0.2) is 16.8 Å². The highest BCUT2D eigenvalue weighted by molar-refractivity contribution is 7.11. The second kappa shape index (κ2) is 5.55. The fourth-order valence-corrected chi connectivity index (χ4v) is 3.03. The first kappa shape index (κ1) is 11.7. The Hall–Kier alpha value is -0.740. The van der Waals surface area contributed by atoms with Crippen molar-refractivity contribution < 1.29 is 4.79 Å². The summed E-state index contributed by atoms with van der Waals surface area (Å²) in [4.78, 5) is 16.5. The van der Waals surface area contributed by atoms with Gasteiger partial charge in [0.15, 0.2) is 5.78 Å². The highest BCUT2D eigenvalue weighted by Crippen LogP contribution is 2.27. The minimum absolute atomic E-state index is 0.0630. The molecule has 1 aliphatic carbocycles. The Morgan fingerprint density at radius 3 is 2.88 bits per heavy atom. The summed E-state index contributed by atoms with van der Waals surface area (Å²) in [5, 5.41) is 0. The third-order valence-electron chi connectivity index (χ3n) is 3.32. The van der Waals surface area contributed by atoms with Crippen LogP contribution in [0.15, 0.2) is 11.7 Å². The molecular weight excluding hydrogens is 220 g/mol. The van der Waals surface area contributed by atoms with E-state index in [1.54, 1.807) is 11.7 Å². The standard InChI is InChI=1S/C12H18N2OS/c13-10(6-9-4-2-1-3-5-9)12(15)11-7-14-8-16-11/h7-10H,1-6,13H2. The highest BCUT2D eigenvalue weighted by atomic mass is 32.1. The van der Waals surface area contributed by atoms with Crippen LogP contribution >= 0.6 is 11.3 Å². The number of rotatable bonds is 4. The molecule has 2 rings (SSSR count). The lowest BCUT2D eigenvalue weighted by Gasteiger charge is -2.23. The minimum atomic E-state index is -0.330. The summed E-state index contributed by atoms with van der Waals surface area (Å²) in [7, 11) is 0. The van der Waals surface area contributed by atoms with Crippen molar-refractivity contribution in [3.05, 3.63) is 16.6 Å². The van der Waals surface area contributed by atoms with Crippen LogP contribution in [0.25, 0.3) is 0 Å². The molecule has 3 nitrogen and oxygen atoms in total. The molecule has 0 radical (unpaired) electrons. The predicted octanol–water partition coefficient (Wildman–Crippen LogP) is 2.62. The second-order valence-corrected chi connectivity index (χ2v) is 5.46. The smallest absolute Gasteiger partial charge is 0.191 e. The highest BCUT2D eigenvalue weighted by Gasteiger charge is 2.22. The zero-order chi connectivity index (χ0) is 11.4. The van der Waals surface area contributed by atoms with Crippen molar-refractivity contribution >= 4 is 17.1 Å². The van der Waals surface area contributed by atoms with Gasteiger partial charge in [-0.05, 0) is 12.3 Å². The van der Waals surface area contributed by atoms with Gasteiger partial charge in [0.25, 0.3) is 0 Å². The molecule has 1 heterocycles. The van der Waals surface area contributed by atoms with Crippen molar-refractivity contribution in [2.75, 3.05) is 0 Å². The van der Waals surface area contributed by atoms with Crippen LogP contribution in [0.2, 0.25) is 0 Å². The van der Waals surface area contributed by atoms with E-state index >= 15 is 0 Å². The Balaban J connectivity index is 1.87. The molecule has 0 aromatic carbocycles. The Kier molecular flexibility index (Phi) is 4.07. The molecule has 1 atom stereocenters. The lowest BCUT2D eigenvalue weighted by molar-refractivity contribution is 0.0948. The molecule has 0 aliphatic heterocycles. The lowest BCUT2D eigenvalue weighted by atomic mass is 9.84. The van der Waals surface area contributed by atoms with Crippen LogP contribution in [0.4, 0.5) is 0 Å². The molecule has 0 amide bonds. The van der Waals surface area contributed by atoms with Gasteiger partial charge in [-0.15, -0.1) is 11.3 Å². The van der Waals surface area contributed by atoms with Gasteiger partial charge in [-0.3, -0.25) is 9.78 Å². The maximum Gasteiger partial charge on any atom is 0.191 e. The van der Waals surface area contributed by atoms with Gasteiger partial charge in [0.1, 0.15) is 0 Å². The summed E-state index contributed by atoms with van der Waals surface area (Å²) in [6, 6.07) is -0.330. The summed E-state index contributed by atoms with van der Waals surface area (Å²) >= 11 is 1.38. The Labute approximate surface area is 100 Å². The first-order chi connectivity index (χ1) is 7.77. The molecule has 4 heteroatoms. The normalized spacial score (nSPS) is 19.6. The third kappa shape index (κ3) is 2.89. The Bertz CT molecular complexity index is 331. The summed E-state index contributed by atoms with van der Waals surface area (Å²) < 4.78 is 0. The zero-order valence-electron chi connectivity index (χ0n) is 9.39. The predicted molar refractivity (Wildman–Crippen MR) is 65.6 cm³/mol. The molecule has 0 bridgehead atoms. The average molecular weight is 238 g/mol. The van der Waals surface area contributed by atoms with Crippen LogP contribution in [0.5, 0.6) is 0 Å². The van der Waals surface area contributed by atoms with E-state index in [2.05, 4.69) is 4.98 Å². The van der Waals surface area contributed by atoms with E-state index in [1.807, 2.05) is 0 Å². The summed E-state index contributed by atoms with van der Waals surface area (Å²) in [6.45, 7) is 0. The fourth-order valence-electron chi connectivity index (χ4n) is 2.41. The topological polar surface area (TPSA) is 56.0 Å². The van der Waals surface area contributed by atoms with Gasteiger partial charge < -0.3 is 5.73 Å². The Morgan fingerprint density at radius 1 is 1.50 bits per heavy atom. The molecule has 16 heavy (non-hydrogen) atoms. The molecule has 1 aliphatic rings. The molecule has 88 valence electrons. The van der Waals surface area contributed by atoms with E-state index in [0.717, 1.165) is 6.42 Å². The van der Waals surface area contributed by atoms with Crippen molar-refractivity contribution in [3.8, 4) is 0 Å². The van der Waals surface area contributed by atoms with Crippen molar-refractivity contribution in [1.29, 1.82) is 0 Å². The van der Waals surface area contributed by atoms with Crippen molar-refractivity contribution in [1.82, 2.24) is 4.98 Å². The van der Waals surface area contributed by atoms with Crippen LogP contribution in [-0.2, 0) is 0 Å². The molecule has 0 saturated heterocycles. The number of aromatic nitrogens is 1. The molecule has 1 aromatic rings. The van der Waals surface area contributed by atoms with Crippen LogP contribution in [0, 0.1) is 5.92 Å². The Morgan fingerprint density at radius 2 is 2.25 bits per heavy atom. The molecule has 1 fully saturated rings. The van der Waals surface area contributed by atoms with Gasteiger partial charge >= 0.3 is 0 Å². The maximum atomic E-state index is 11.9. The van der Waals surface area contributed by atoms with E-state index in [-0.39, 0.29) is 11.8 Å². The molecule has 2 N–H and O–H groups in total. The van der Waals surface area contributed by atoms with Crippen LogP contribution < -0.4 is 5.73 Å². The van der Waals surface area contributed by atoms with Gasteiger partial charge in [-0.2, -0.15) is 0 Å². The van der Waals surface area contributed by atoms with Gasteiger partial charge in [0.2, 0.25) is 0 Å². The second-order valence-electron chi connectivity index (χ2n) is 4.58. The third-order valence-corrected chi connectivity index (χ3v) is 4.11. The summed E-state index contributed by atoms with van der Waals surface area (Å²) in [5.74, 6) is 0.716. The molecule has 1 aromatic heterocycles. The van der Waals surface area contributed by atoms with Gasteiger partial charge in [0.05, 0.1) is 16.4 Å². The van der Waals surface area contributed by atoms with E-state index in [1.165, 1.54) is 43.4 Å². The van der Waals surface area contributed by atoms with E-state index < -0.39 is 0 Å². The number of ketones is 1. The minimum Gasteiger partial charge on any atom is -0.321 e. The quantitative estimate of drug-likeness (QED) is 0.820. The lowest BCUT2D eigenvalue weighted by Crippen LogP contribution is -2.32. The van der Waals surface area contributed by atoms with E-state index in [9.17, 15) is 4.79 Å². The number of Topliss-reactive ketones (excluding diaryl/α,β-unsaturated/α-hetero) is 1. The summed E-state index contributed by atoms with van der Waals surface area (Å²) in [6.07, 6.45) is 8.88. The van der Waals surface area contributed by atoms with Gasteiger partial charge in [-0.25, -0.2) is 0 Å². The fraction of sp³-hybridized carbons (Fsp3) is 0.667. The van der Waals surface area contributed by atoms with E-state index in [0.29, 0.717) is 10.8 Å². The molecular formula is C12H18N2OS. The van der Waals surface area contributed by atoms with Crippen molar-refractivity contribution in [2.45, 2.75) is 44.6 Å². The SMILES string of the molecule is NC(CC1CCCCC1)C(=O)c1cncs1. The van der Waals surface area contributed by atoms with Crippen LogP contribution in [0.1, 0.15) is 48.2 Å². The number of hydrogen-bond acceptors (Lipinski definition) is 4. The van der Waals surface area contributed by atoms with Crippen LogP contribution in [0.3, 0.4) is 0 Å². The molecule has 1 unspecified atom stereocenters. The monoisotopic (exact) mass is 238 g/mol. The van der Waals surface area contributed by atoms with E-state index in [4.69, 9.17) is 5.73 Å². The maximum absolute atomic E-state index is 11.9. The number of nitrogens with two attached hydrogens (primary N) is 1. The average Bonchev–Trinajstić information content (AvgIpc) is 2.83. The molecule has 1 saturated carbocycles. The number of carbonyl (C=O) groups is 1. The summed E-state index contributed by atoms with van der Waals surface area (Å²) in [5.41, 5.74) is 7.65. The first-order valence-electron chi connectivity index (χ1n) is 5.95. The van der Waals surface area contributed by atoms with Crippen molar-refractivity contribution in [3.63, 3.8) is 0 Å². The van der Waals surface area contributed by atoms with Gasteiger partial charge in [0, 0.05) is 6.20 Å². The number of nitrogens with zero attached hydrogens (tertiary/aromatic N) is 1. The number of thiazole rings is 1. The number of carbonyl (C=O) groups excluding carboxylic acids is 1. The molecule has 0 spiro atoms. The number of hydrogen-bond donors (Lipinski definition) is 1. The van der Waals surface area contributed by atoms with Gasteiger partial charge in [-0.1, -0.05) is 32.1 Å². The zero-order valence-corrected chi connectivity index (χ0v) is 10.2.